The van der Waals surface area contributed by atoms with E-state index in [1.165, 1.54) is 45.2 Å². The van der Waals surface area contributed by atoms with Gasteiger partial charge in [0.15, 0.2) is 0 Å². The van der Waals surface area contributed by atoms with Crippen molar-refractivity contribution in [3.63, 3.8) is 0 Å². The van der Waals surface area contributed by atoms with Crippen LogP contribution in [-0.2, 0) is 4.74 Å². The highest BCUT2D eigenvalue weighted by Gasteiger charge is 2.31. The van der Waals surface area contributed by atoms with Crippen molar-refractivity contribution in [2.75, 3.05) is 32.8 Å². The molecule has 2 aliphatic rings. The van der Waals surface area contributed by atoms with Gasteiger partial charge in [0.25, 0.3) is 0 Å². The predicted molar refractivity (Wildman–Crippen MR) is 80.5 cm³/mol. The van der Waals surface area contributed by atoms with Gasteiger partial charge in [-0.3, -0.25) is 4.90 Å². The minimum atomic E-state index is 0.0409. The fourth-order valence-corrected chi connectivity index (χ4v) is 3.63. The summed E-state index contributed by atoms with van der Waals surface area (Å²) in [4.78, 5) is 2.63. The first-order valence-corrected chi connectivity index (χ1v) is 8.20. The lowest BCUT2D eigenvalue weighted by Gasteiger charge is -2.42. The van der Waals surface area contributed by atoms with Gasteiger partial charge in [0, 0.05) is 25.7 Å². The zero-order valence-corrected chi connectivity index (χ0v) is 13.1. The first-order valence-electron chi connectivity index (χ1n) is 8.20. The largest absolute Gasteiger partial charge is 0.373 e. The highest BCUT2D eigenvalue weighted by atomic mass is 16.5. The molecule has 112 valence electrons. The van der Waals surface area contributed by atoms with Gasteiger partial charge >= 0.3 is 0 Å². The van der Waals surface area contributed by atoms with E-state index < -0.39 is 0 Å². The van der Waals surface area contributed by atoms with Gasteiger partial charge in [-0.1, -0.05) is 19.8 Å². The molecule has 0 bridgehead atoms. The van der Waals surface area contributed by atoms with Crippen molar-refractivity contribution in [3.05, 3.63) is 0 Å². The molecule has 2 fully saturated rings. The van der Waals surface area contributed by atoms with E-state index in [1.807, 2.05) is 0 Å². The Morgan fingerprint density at radius 2 is 2.05 bits per heavy atom. The number of hydrogen-bond donors (Lipinski definition) is 1. The Morgan fingerprint density at radius 3 is 2.79 bits per heavy atom. The molecule has 0 aromatic rings. The molecule has 3 nitrogen and oxygen atoms in total. The Bertz CT molecular complexity index is 267. The molecule has 0 aromatic heterocycles. The molecule has 1 saturated heterocycles. The Hall–Kier alpha value is -0.120. The molecule has 2 atom stereocenters. The quantitative estimate of drug-likeness (QED) is 0.829. The van der Waals surface area contributed by atoms with Gasteiger partial charge in [-0.25, -0.2) is 0 Å². The second-order valence-electron chi connectivity index (χ2n) is 6.95. The van der Waals surface area contributed by atoms with Gasteiger partial charge in [0.1, 0.15) is 0 Å². The summed E-state index contributed by atoms with van der Waals surface area (Å²) in [5.74, 6) is 0.842. The van der Waals surface area contributed by atoms with Crippen molar-refractivity contribution in [1.82, 2.24) is 10.2 Å². The summed E-state index contributed by atoms with van der Waals surface area (Å²) in [5, 5.41) is 3.77. The van der Waals surface area contributed by atoms with E-state index in [0.29, 0.717) is 0 Å². The zero-order chi connectivity index (χ0) is 13.7. The third kappa shape index (κ3) is 4.73. The van der Waals surface area contributed by atoms with Gasteiger partial charge < -0.3 is 10.1 Å². The Balaban J connectivity index is 1.84. The van der Waals surface area contributed by atoms with E-state index >= 15 is 0 Å². The van der Waals surface area contributed by atoms with Crippen LogP contribution in [0.1, 0.15) is 52.9 Å². The number of morpholine rings is 1. The van der Waals surface area contributed by atoms with Crippen LogP contribution >= 0.6 is 0 Å². The molecular weight excluding hydrogens is 236 g/mol. The summed E-state index contributed by atoms with van der Waals surface area (Å²) in [6, 6.07) is 0.750. The van der Waals surface area contributed by atoms with Crippen molar-refractivity contribution in [3.8, 4) is 0 Å². The maximum Gasteiger partial charge on any atom is 0.0753 e. The van der Waals surface area contributed by atoms with Crippen LogP contribution < -0.4 is 5.32 Å². The smallest absolute Gasteiger partial charge is 0.0753 e. The maximum absolute atomic E-state index is 5.82. The second-order valence-corrected chi connectivity index (χ2v) is 6.95. The van der Waals surface area contributed by atoms with Gasteiger partial charge in [-0.05, 0) is 45.6 Å². The third-order valence-corrected chi connectivity index (χ3v) is 4.56. The predicted octanol–water partition coefficient (Wildman–Crippen LogP) is 2.66. The molecule has 3 heteroatoms. The van der Waals surface area contributed by atoms with Gasteiger partial charge in [-0.15, -0.1) is 0 Å². The molecule has 0 amide bonds. The average Bonchev–Trinajstić information content (AvgIpc) is 2.36. The SMILES string of the molecule is CCCNC1CCCCC1CN1CCOC(C)(C)C1. The normalized spacial score (nSPS) is 32.4. The second kappa shape index (κ2) is 7.05. The van der Waals surface area contributed by atoms with Crippen LogP contribution in [0.15, 0.2) is 0 Å². The van der Waals surface area contributed by atoms with Crippen LogP contribution in [0.5, 0.6) is 0 Å². The number of ether oxygens (including phenoxy) is 1. The van der Waals surface area contributed by atoms with E-state index in [4.69, 9.17) is 4.74 Å². The number of nitrogens with zero attached hydrogens (tertiary/aromatic N) is 1. The molecule has 0 radical (unpaired) electrons. The topological polar surface area (TPSA) is 24.5 Å². The van der Waals surface area contributed by atoms with Gasteiger partial charge in [-0.2, -0.15) is 0 Å². The fraction of sp³-hybridized carbons (Fsp3) is 1.00. The number of rotatable bonds is 5. The molecular formula is C16H32N2O. The first kappa shape index (κ1) is 15.3. The third-order valence-electron chi connectivity index (χ3n) is 4.56. The van der Waals surface area contributed by atoms with Crippen LogP contribution in [0.2, 0.25) is 0 Å². The Morgan fingerprint density at radius 1 is 1.26 bits per heavy atom. The molecule has 2 rings (SSSR count). The molecule has 0 aromatic carbocycles. The summed E-state index contributed by atoms with van der Waals surface area (Å²) in [5.41, 5.74) is 0.0409. The summed E-state index contributed by atoms with van der Waals surface area (Å²) in [6.07, 6.45) is 6.85. The van der Waals surface area contributed by atoms with Gasteiger partial charge in [0.05, 0.1) is 12.2 Å². The highest BCUT2D eigenvalue weighted by Crippen LogP contribution is 2.27. The van der Waals surface area contributed by atoms with E-state index in [-0.39, 0.29) is 5.60 Å². The molecule has 1 heterocycles. The Kier molecular flexibility index (Phi) is 5.67. The van der Waals surface area contributed by atoms with E-state index in [2.05, 4.69) is 31.0 Å². The first-order chi connectivity index (χ1) is 9.11. The van der Waals surface area contributed by atoms with E-state index in [0.717, 1.165) is 31.7 Å². The lowest BCUT2D eigenvalue weighted by molar-refractivity contribution is -0.0907. The van der Waals surface area contributed by atoms with E-state index in [9.17, 15) is 0 Å². The molecule has 1 N–H and O–H groups in total. The van der Waals surface area contributed by atoms with Crippen LogP contribution in [0.4, 0.5) is 0 Å². The molecule has 0 spiro atoms. The maximum atomic E-state index is 5.82. The fourth-order valence-electron chi connectivity index (χ4n) is 3.63. The van der Waals surface area contributed by atoms with Crippen LogP contribution in [0.3, 0.4) is 0 Å². The number of nitrogens with one attached hydrogen (secondary N) is 1. The van der Waals surface area contributed by atoms with Crippen LogP contribution in [0, 0.1) is 5.92 Å². The molecule has 1 aliphatic carbocycles. The molecule has 1 aliphatic heterocycles. The Labute approximate surface area is 119 Å². The van der Waals surface area contributed by atoms with Gasteiger partial charge in [0.2, 0.25) is 0 Å². The summed E-state index contributed by atoms with van der Waals surface area (Å²) in [6.45, 7) is 12.2. The monoisotopic (exact) mass is 268 g/mol. The average molecular weight is 268 g/mol. The van der Waals surface area contributed by atoms with Crippen molar-refractivity contribution in [2.24, 2.45) is 5.92 Å². The van der Waals surface area contributed by atoms with E-state index in [1.54, 1.807) is 0 Å². The van der Waals surface area contributed by atoms with Crippen molar-refractivity contribution in [2.45, 2.75) is 64.5 Å². The minimum absolute atomic E-state index is 0.0409. The standard InChI is InChI=1S/C16H32N2O/c1-4-9-17-15-8-6-5-7-14(15)12-18-10-11-19-16(2,3)13-18/h14-15,17H,4-13H2,1-3H3. The lowest BCUT2D eigenvalue weighted by atomic mass is 9.83. The zero-order valence-electron chi connectivity index (χ0n) is 13.1. The van der Waals surface area contributed by atoms with Crippen LogP contribution in [0.25, 0.3) is 0 Å². The van der Waals surface area contributed by atoms with Crippen molar-refractivity contribution in [1.29, 1.82) is 0 Å². The molecule has 19 heavy (non-hydrogen) atoms. The summed E-state index contributed by atoms with van der Waals surface area (Å²) < 4.78 is 5.82. The lowest BCUT2D eigenvalue weighted by Crippen LogP contribution is -2.52. The number of hydrogen-bond acceptors (Lipinski definition) is 3. The highest BCUT2D eigenvalue weighted by molar-refractivity contribution is 4.86. The summed E-state index contributed by atoms with van der Waals surface area (Å²) >= 11 is 0. The van der Waals surface area contributed by atoms with Crippen LogP contribution in [-0.4, -0.2) is 49.3 Å². The minimum Gasteiger partial charge on any atom is -0.373 e. The van der Waals surface area contributed by atoms with Crippen molar-refractivity contribution >= 4 is 0 Å². The molecule has 1 saturated carbocycles. The summed E-state index contributed by atoms with van der Waals surface area (Å²) in [7, 11) is 0. The van der Waals surface area contributed by atoms with Crippen molar-refractivity contribution < 1.29 is 4.74 Å². The molecule has 2 unspecified atom stereocenters.